The Labute approximate surface area is 473 Å². The van der Waals surface area contributed by atoms with Gasteiger partial charge in [0, 0.05) is 75.1 Å². The highest BCUT2D eigenvalue weighted by Gasteiger charge is 2.44. The Bertz CT molecular complexity index is 4070. The molecular weight excluding hydrogens is 1020 g/mol. The van der Waals surface area contributed by atoms with Crippen LogP contribution in [0.15, 0.2) is 220 Å². The van der Waals surface area contributed by atoms with E-state index < -0.39 is 8.07 Å². The summed E-state index contributed by atoms with van der Waals surface area (Å²) in [4.78, 5) is 7.79. The van der Waals surface area contributed by atoms with Crippen LogP contribution in [-0.2, 0) is 22.7 Å². The van der Waals surface area contributed by atoms with Gasteiger partial charge in [0.15, 0.2) is 23.0 Å². The van der Waals surface area contributed by atoms with Crippen LogP contribution in [-0.4, -0.2) is 8.07 Å². The smallest absolute Gasteiger partial charge is 0.178 e. The highest BCUT2D eigenvalue weighted by molar-refractivity contribution is 8.05. The molecule has 0 radical (unpaired) electrons. The second-order valence-corrected chi connectivity index (χ2v) is 30.5. The summed E-state index contributed by atoms with van der Waals surface area (Å²) in [7, 11) is -2.23. The van der Waals surface area contributed by atoms with Gasteiger partial charge in [0.2, 0.25) is 0 Å². The van der Waals surface area contributed by atoms with Crippen LogP contribution in [0.5, 0.6) is 34.5 Å². The van der Waals surface area contributed by atoms with Crippen LogP contribution in [0.1, 0.15) is 74.9 Å². The standard InChI is InChI=1S/C72H59NO3S2Si/c1-42-18-11-10-12-19-50-51(70(42,2)3)36-39-63-67(50)76-66-47(20-17-25-62(66)79(63,8)9)43-26-28-44(29-27-43)73(45-30-32-48-54(40-45)71(4,5)52-34-37-58-68(64(48)52)75-57-22-14-13-21-56(57)74-58)46-31-33-49-55(41-46)72(6,7)53-35-38-61-69(65(49)53)78-60-24-16-15-23-59(60)77-61/h10-18,20-41H,1,19H2,2-9H3/b12-10-,18-11-. The second-order valence-electron chi connectivity index (χ2n) is 24.0. The van der Waals surface area contributed by atoms with Gasteiger partial charge in [0.05, 0.1) is 0 Å². The van der Waals surface area contributed by atoms with Crippen LogP contribution in [0.3, 0.4) is 0 Å². The lowest BCUT2D eigenvalue weighted by molar-refractivity contribution is 0.360. The number of hydrogen-bond donors (Lipinski definition) is 0. The predicted octanol–water partition coefficient (Wildman–Crippen LogP) is 19.4. The van der Waals surface area contributed by atoms with Crippen molar-refractivity contribution in [1.82, 2.24) is 0 Å². The third-order valence-electron chi connectivity index (χ3n) is 18.2. The molecule has 0 N–H and O–H groups in total. The Morgan fingerprint density at radius 1 is 0.468 bits per heavy atom. The largest absolute Gasteiger partial charge is 0.457 e. The molecule has 9 aromatic carbocycles. The molecule has 0 aromatic heterocycles. The van der Waals surface area contributed by atoms with E-state index in [1.165, 1.54) is 74.5 Å². The summed E-state index contributed by atoms with van der Waals surface area (Å²) in [6, 6.07) is 60.7. The van der Waals surface area contributed by atoms with Crippen LogP contribution in [0.2, 0.25) is 13.1 Å². The van der Waals surface area contributed by atoms with Crippen molar-refractivity contribution in [3.63, 3.8) is 0 Å². The Morgan fingerprint density at radius 3 is 1.82 bits per heavy atom. The zero-order chi connectivity index (χ0) is 53.9. The van der Waals surface area contributed by atoms with Crippen molar-refractivity contribution >= 4 is 59.0 Å². The van der Waals surface area contributed by atoms with Crippen molar-refractivity contribution in [2.75, 3.05) is 4.90 Å². The van der Waals surface area contributed by atoms with Gasteiger partial charge in [-0.1, -0.05) is 200 Å². The molecule has 0 spiro atoms. The number of rotatable bonds is 4. The zero-order valence-corrected chi connectivity index (χ0v) is 48.4. The quantitative estimate of drug-likeness (QED) is 0.163. The van der Waals surface area contributed by atoms with Crippen molar-refractivity contribution in [3.05, 3.63) is 234 Å². The number of hydrogen-bond acceptors (Lipinski definition) is 6. The molecule has 0 saturated carbocycles. The first-order valence-electron chi connectivity index (χ1n) is 27.5. The average Bonchev–Trinajstić information content (AvgIpc) is 4.02. The fourth-order valence-corrected chi connectivity index (χ4v) is 18.8. The van der Waals surface area contributed by atoms with Crippen molar-refractivity contribution in [2.24, 2.45) is 0 Å². The number of allylic oxidation sites excluding steroid dienone is 5. The predicted molar refractivity (Wildman–Crippen MR) is 330 cm³/mol. The van der Waals surface area contributed by atoms with Gasteiger partial charge >= 0.3 is 0 Å². The van der Waals surface area contributed by atoms with Gasteiger partial charge in [0.25, 0.3) is 0 Å². The van der Waals surface area contributed by atoms with Crippen molar-refractivity contribution in [1.29, 1.82) is 0 Å². The van der Waals surface area contributed by atoms with Crippen LogP contribution < -0.4 is 29.5 Å². The van der Waals surface area contributed by atoms with Crippen LogP contribution in [0.25, 0.3) is 33.4 Å². The molecule has 15 rings (SSSR count). The van der Waals surface area contributed by atoms with Gasteiger partial charge in [-0.2, -0.15) is 0 Å². The highest BCUT2D eigenvalue weighted by atomic mass is 32.2. The molecule has 0 fully saturated rings. The molecule has 0 unspecified atom stereocenters. The van der Waals surface area contributed by atoms with E-state index in [9.17, 15) is 0 Å². The lowest BCUT2D eigenvalue weighted by atomic mass is 9.75. The molecule has 0 saturated heterocycles. The van der Waals surface area contributed by atoms with Gasteiger partial charge < -0.3 is 19.1 Å². The van der Waals surface area contributed by atoms with E-state index in [2.05, 4.69) is 230 Å². The molecule has 0 atom stereocenters. The Hall–Kier alpha value is -7.68. The summed E-state index contributed by atoms with van der Waals surface area (Å²) in [6.45, 7) is 23.6. The summed E-state index contributed by atoms with van der Waals surface area (Å²) in [5, 5.41) is 2.67. The fraction of sp³-hybridized carbons (Fsp3) is 0.167. The van der Waals surface area contributed by atoms with E-state index in [1.54, 1.807) is 0 Å². The normalized spacial score (nSPS) is 17.9. The highest BCUT2D eigenvalue weighted by Crippen LogP contribution is 2.62. The van der Waals surface area contributed by atoms with E-state index in [0.717, 1.165) is 85.8 Å². The minimum atomic E-state index is -2.23. The van der Waals surface area contributed by atoms with Crippen LogP contribution >= 0.6 is 23.5 Å². The first-order chi connectivity index (χ1) is 38.1. The molecule has 3 aliphatic heterocycles. The molecule has 386 valence electrons. The number of fused-ring (bicyclic) bond motifs is 16. The molecule has 79 heavy (non-hydrogen) atoms. The van der Waals surface area contributed by atoms with Crippen LogP contribution in [0.4, 0.5) is 17.1 Å². The second kappa shape index (κ2) is 17.2. The first-order valence-corrected chi connectivity index (χ1v) is 32.2. The number of para-hydroxylation sites is 3. The van der Waals surface area contributed by atoms with Crippen LogP contribution in [0, 0.1) is 0 Å². The summed E-state index contributed by atoms with van der Waals surface area (Å²) in [5.74, 6) is 4.98. The van der Waals surface area contributed by atoms with E-state index >= 15 is 0 Å². The van der Waals surface area contributed by atoms with Crippen molar-refractivity contribution in [2.45, 2.75) is 96.9 Å². The molecule has 6 aliphatic rings. The zero-order valence-electron chi connectivity index (χ0n) is 45.8. The Balaban J connectivity index is 0.863. The summed E-state index contributed by atoms with van der Waals surface area (Å²) in [5.41, 5.74) is 18.4. The van der Waals surface area contributed by atoms with Gasteiger partial charge in [-0.15, -0.1) is 0 Å². The number of anilines is 3. The molecule has 3 heterocycles. The topological polar surface area (TPSA) is 30.9 Å². The number of nitrogens with zero attached hydrogens (tertiary/aromatic N) is 1. The molecule has 9 aromatic rings. The van der Waals surface area contributed by atoms with E-state index in [-0.39, 0.29) is 16.2 Å². The maximum Gasteiger partial charge on any atom is 0.178 e. The summed E-state index contributed by atoms with van der Waals surface area (Å²) in [6.07, 6.45) is 9.47. The lowest BCUT2D eigenvalue weighted by Gasteiger charge is -2.38. The van der Waals surface area contributed by atoms with E-state index in [4.69, 9.17) is 14.2 Å². The van der Waals surface area contributed by atoms with Gasteiger partial charge in [-0.3, -0.25) is 0 Å². The minimum Gasteiger partial charge on any atom is -0.457 e. The minimum absolute atomic E-state index is 0.232. The first kappa shape index (κ1) is 48.4. The molecule has 0 bridgehead atoms. The Morgan fingerprint density at radius 2 is 1.09 bits per heavy atom. The summed E-state index contributed by atoms with van der Waals surface area (Å²) < 4.78 is 20.6. The molecule has 0 amide bonds. The lowest BCUT2D eigenvalue weighted by Crippen LogP contribution is -2.56. The number of ether oxygens (including phenoxy) is 3. The summed E-state index contributed by atoms with van der Waals surface area (Å²) >= 11 is 3.81. The maximum absolute atomic E-state index is 7.38. The third kappa shape index (κ3) is 7.08. The van der Waals surface area contributed by atoms with Gasteiger partial charge in [0.1, 0.15) is 19.6 Å². The SMILES string of the molecule is C=C1/C=C\C=C/Cc2c(ccc3c2Oc2c(-c4ccc(N(c5ccc6c(c5)C(C)(C)c5ccc7c(c5-6)Oc5ccccc5O7)c5ccc6c(c5)C(C)(C)c5ccc7c(c5-6)Sc5ccccc5S7)cc4)cccc2[Si]3(C)C)C1(C)C. The molecule has 7 heteroatoms. The third-order valence-corrected chi connectivity index (χ3v) is 24.2. The molecular formula is C72H59NO3S2Si. The van der Waals surface area contributed by atoms with Gasteiger partial charge in [-0.25, -0.2) is 0 Å². The molecule has 3 aliphatic carbocycles. The van der Waals surface area contributed by atoms with E-state index in [0.29, 0.717) is 0 Å². The van der Waals surface area contributed by atoms with Crippen molar-refractivity contribution in [3.8, 4) is 67.9 Å². The number of benzene rings is 9. The molecule has 4 nitrogen and oxygen atoms in total. The average molecular weight is 1080 g/mol. The fourth-order valence-electron chi connectivity index (χ4n) is 13.6. The monoisotopic (exact) mass is 1080 g/mol. The maximum atomic E-state index is 7.38. The van der Waals surface area contributed by atoms with E-state index in [1.807, 2.05) is 47.8 Å². The van der Waals surface area contributed by atoms with Gasteiger partial charge in [-0.05, 0) is 140 Å². The van der Waals surface area contributed by atoms with Crippen molar-refractivity contribution < 1.29 is 14.2 Å². The Kier molecular flexibility index (Phi) is 10.5.